The Morgan fingerprint density at radius 3 is 2.80 bits per heavy atom. The summed E-state index contributed by atoms with van der Waals surface area (Å²) in [4.78, 5) is 18.2. The van der Waals surface area contributed by atoms with Gasteiger partial charge in [-0.2, -0.15) is 0 Å². The fourth-order valence-corrected chi connectivity index (χ4v) is 2.14. The van der Waals surface area contributed by atoms with Gasteiger partial charge in [0.1, 0.15) is 0 Å². The maximum absolute atomic E-state index is 12.4. The third-order valence-corrected chi connectivity index (χ3v) is 3.30. The summed E-state index contributed by atoms with van der Waals surface area (Å²) < 4.78 is 0. The van der Waals surface area contributed by atoms with Crippen molar-refractivity contribution >= 4 is 11.6 Å². The number of hydrogen-bond acceptors (Lipinski definition) is 3. The minimum Gasteiger partial charge on any atom is -0.399 e. The molecule has 0 saturated carbocycles. The third kappa shape index (κ3) is 3.35. The Bertz CT molecular complexity index is 583. The number of carbonyl (C=O) groups excluding carboxylic acids is 1. The van der Waals surface area contributed by atoms with Gasteiger partial charge in [0.05, 0.1) is 5.92 Å². The number of nitrogens with zero attached hydrogens (tertiary/aromatic N) is 2. The average molecular weight is 269 g/mol. The van der Waals surface area contributed by atoms with Crippen LogP contribution in [0.4, 0.5) is 5.69 Å². The van der Waals surface area contributed by atoms with Crippen LogP contribution in [0.1, 0.15) is 24.0 Å². The van der Waals surface area contributed by atoms with E-state index >= 15 is 0 Å². The molecule has 0 aliphatic rings. The van der Waals surface area contributed by atoms with Crippen LogP contribution in [0.2, 0.25) is 0 Å². The maximum atomic E-state index is 12.4. The lowest BCUT2D eigenvalue weighted by atomic mass is 9.99. The molecule has 1 heterocycles. The van der Waals surface area contributed by atoms with E-state index in [1.807, 2.05) is 43.3 Å². The maximum Gasteiger partial charge on any atom is 0.229 e. The van der Waals surface area contributed by atoms with Crippen LogP contribution >= 0.6 is 0 Å². The number of hydrogen-bond donors (Lipinski definition) is 1. The van der Waals surface area contributed by atoms with Gasteiger partial charge < -0.3 is 10.6 Å². The Kier molecular flexibility index (Phi) is 4.35. The number of rotatable bonds is 4. The normalized spacial score (nSPS) is 11.9. The minimum absolute atomic E-state index is 0.0689. The molecule has 1 aromatic carbocycles. The fraction of sp³-hybridized carbons (Fsp3) is 0.250. The lowest BCUT2D eigenvalue weighted by Gasteiger charge is -2.21. The first-order valence-electron chi connectivity index (χ1n) is 6.57. The molecule has 1 aromatic heterocycles. The molecule has 0 spiro atoms. The second-order valence-corrected chi connectivity index (χ2v) is 4.95. The summed E-state index contributed by atoms with van der Waals surface area (Å²) in [5.41, 5.74) is 8.40. The Morgan fingerprint density at radius 1 is 1.35 bits per heavy atom. The zero-order valence-corrected chi connectivity index (χ0v) is 11.8. The number of anilines is 1. The highest BCUT2D eigenvalue weighted by Crippen LogP contribution is 2.20. The number of nitrogens with two attached hydrogens (primary N) is 1. The molecule has 0 aliphatic carbocycles. The van der Waals surface area contributed by atoms with Crippen molar-refractivity contribution in [2.75, 3.05) is 12.8 Å². The first-order valence-corrected chi connectivity index (χ1v) is 6.57. The highest BCUT2D eigenvalue weighted by molar-refractivity contribution is 5.83. The predicted molar refractivity (Wildman–Crippen MR) is 80.0 cm³/mol. The predicted octanol–water partition coefficient (Wildman–Crippen LogP) is 2.43. The van der Waals surface area contributed by atoms with Gasteiger partial charge in [-0.05, 0) is 36.2 Å². The summed E-state index contributed by atoms with van der Waals surface area (Å²) in [6.45, 7) is 2.45. The van der Waals surface area contributed by atoms with E-state index in [2.05, 4.69) is 4.98 Å². The molecule has 2 N–H and O–H groups in total. The summed E-state index contributed by atoms with van der Waals surface area (Å²) in [5.74, 6) is -0.139. The number of carbonyl (C=O) groups is 1. The first-order chi connectivity index (χ1) is 9.58. The van der Waals surface area contributed by atoms with E-state index in [-0.39, 0.29) is 11.8 Å². The number of likely N-dealkylation sites (N-methyl/N-ethyl adjacent to an activating group) is 1. The second kappa shape index (κ2) is 6.19. The molecule has 2 rings (SSSR count). The van der Waals surface area contributed by atoms with Gasteiger partial charge in [0.25, 0.3) is 0 Å². The SMILES string of the molecule is CC(C(=O)N(C)Cc1cccnc1)c1cccc(N)c1. The van der Waals surface area contributed by atoms with Gasteiger partial charge in [-0.15, -0.1) is 0 Å². The van der Waals surface area contributed by atoms with Gasteiger partial charge in [0, 0.05) is 31.7 Å². The monoisotopic (exact) mass is 269 g/mol. The summed E-state index contributed by atoms with van der Waals surface area (Å²) in [6, 6.07) is 11.3. The average Bonchev–Trinajstić information content (AvgIpc) is 2.46. The Balaban J connectivity index is 2.06. The van der Waals surface area contributed by atoms with Gasteiger partial charge in [-0.1, -0.05) is 18.2 Å². The van der Waals surface area contributed by atoms with E-state index in [0.717, 1.165) is 11.1 Å². The number of aromatic nitrogens is 1. The van der Waals surface area contributed by atoms with Crippen molar-refractivity contribution in [2.24, 2.45) is 0 Å². The van der Waals surface area contributed by atoms with Crippen molar-refractivity contribution in [2.45, 2.75) is 19.4 Å². The van der Waals surface area contributed by atoms with E-state index < -0.39 is 0 Å². The Hall–Kier alpha value is -2.36. The van der Waals surface area contributed by atoms with Crippen LogP contribution in [0.5, 0.6) is 0 Å². The molecule has 1 atom stereocenters. The van der Waals surface area contributed by atoms with Gasteiger partial charge in [0.15, 0.2) is 0 Å². The van der Waals surface area contributed by atoms with Crippen molar-refractivity contribution in [1.82, 2.24) is 9.88 Å². The number of amides is 1. The first kappa shape index (κ1) is 14.1. The summed E-state index contributed by atoms with van der Waals surface area (Å²) in [5, 5.41) is 0. The number of pyridine rings is 1. The van der Waals surface area contributed by atoms with Crippen molar-refractivity contribution in [1.29, 1.82) is 0 Å². The van der Waals surface area contributed by atoms with Crippen molar-refractivity contribution in [3.63, 3.8) is 0 Å². The molecule has 0 saturated heterocycles. The van der Waals surface area contributed by atoms with Crippen LogP contribution in [-0.2, 0) is 11.3 Å². The molecule has 0 aliphatic heterocycles. The van der Waals surface area contributed by atoms with E-state index in [9.17, 15) is 4.79 Å². The van der Waals surface area contributed by atoms with Gasteiger partial charge >= 0.3 is 0 Å². The fourth-order valence-electron chi connectivity index (χ4n) is 2.14. The molecule has 0 bridgehead atoms. The molecule has 1 amide bonds. The van der Waals surface area contributed by atoms with E-state index in [0.29, 0.717) is 12.2 Å². The van der Waals surface area contributed by atoms with Crippen molar-refractivity contribution < 1.29 is 4.79 Å². The van der Waals surface area contributed by atoms with E-state index in [1.54, 1.807) is 24.3 Å². The van der Waals surface area contributed by atoms with Crippen molar-refractivity contribution in [3.8, 4) is 0 Å². The van der Waals surface area contributed by atoms with Crippen LogP contribution in [0.25, 0.3) is 0 Å². The topological polar surface area (TPSA) is 59.2 Å². The summed E-state index contributed by atoms with van der Waals surface area (Å²) in [6.07, 6.45) is 3.50. The standard InChI is InChI=1S/C16H19N3O/c1-12(14-6-3-7-15(17)9-14)16(20)19(2)11-13-5-4-8-18-10-13/h3-10,12H,11,17H2,1-2H3. The van der Waals surface area contributed by atoms with Crippen LogP contribution in [-0.4, -0.2) is 22.8 Å². The lowest BCUT2D eigenvalue weighted by molar-refractivity contribution is -0.131. The van der Waals surface area contributed by atoms with Gasteiger partial charge in [-0.3, -0.25) is 9.78 Å². The molecule has 20 heavy (non-hydrogen) atoms. The minimum atomic E-state index is -0.208. The van der Waals surface area contributed by atoms with Crippen LogP contribution in [0.15, 0.2) is 48.8 Å². The van der Waals surface area contributed by atoms with Gasteiger partial charge in [0.2, 0.25) is 5.91 Å². The largest absolute Gasteiger partial charge is 0.399 e. The number of benzene rings is 1. The van der Waals surface area contributed by atoms with Crippen molar-refractivity contribution in [3.05, 3.63) is 59.9 Å². The molecule has 0 fully saturated rings. The molecule has 2 aromatic rings. The molecule has 1 unspecified atom stereocenters. The molecule has 104 valence electrons. The Labute approximate surface area is 119 Å². The quantitative estimate of drug-likeness (QED) is 0.867. The molecular weight excluding hydrogens is 250 g/mol. The highest BCUT2D eigenvalue weighted by atomic mass is 16.2. The lowest BCUT2D eigenvalue weighted by Crippen LogP contribution is -2.30. The van der Waals surface area contributed by atoms with E-state index in [4.69, 9.17) is 5.73 Å². The molecule has 4 nitrogen and oxygen atoms in total. The number of nitrogen functional groups attached to an aromatic ring is 1. The zero-order chi connectivity index (χ0) is 14.5. The van der Waals surface area contributed by atoms with E-state index in [1.165, 1.54) is 0 Å². The second-order valence-electron chi connectivity index (χ2n) is 4.95. The van der Waals surface area contributed by atoms with Crippen LogP contribution in [0.3, 0.4) is 0 Å². The van der Waals surface area contributed by atoms with Crippen LogP contribution < -0.4 is 5.73 Å². The third-order valence-electron chi connectivity index (χ3n) is 3.30. The van der Waals surface area contributed by atoms with Gasteiger partial charge in [-0.25, -0.2) is 0 Å². The molecule has 4 heteroatoms. The zero-order valence-electron chi connectivity index (χ0n) is 11.8. The molecule has 0 radical (unpaired) electrons. The van der Waals surface area contributed by atoms with Crippen LogP contribution in [0, 0.1) is 0 Å². The highest BCUT2D eigenvalue weighted by Gasteiger charge is 2.19. The Morgan fingerprint density at radius 2 is 2.15 bits per heavy atom. The summed E-state index contributed by atoms with van der Waals surface area (Å²) >= 11 is 0. The smallest absolute Gasteiger partial charge is 0.229 e. The summed E-state index contributed by atoms with van der Waals surface area (Å²) in [7, 11) is 1.80. The molecular formula is C16H19N3O.